The molecule has 0 saturated carbocycles. The highest BCUT2D eigenvalue weighted by Crippen LogP contribution is 2.29. The fourth-order valence-corrected chi connectivity index (χ4v) is 2.31. The molecule has 0 aliphatic rings. The van der Waals surface area contributed by atoms with Gasteiger partial charge >= 0.3 is 0 Å². The first kappa shape index (κ1) is 12.1. The lowest BCUT2D eigenvalue weighted by atomic mass is 10.2. The molecule has 0 bridgehead atoms. The van der Waals surface area contributed by atoms with Gasteiger partial charge in [0.15, 0.2) is 10.6 Å². The summed E-state index contributed by atoms with van der Waals surface area (Å²) in [5.74, 6) is 0.248. The highest BCUT2D eigenvalue weighted by atomic mass is 79.9. The van der Waals surface area contributed by atoms with Crippen LogP contribution in [0.4, 0.5) is 4.39 Å². The molecule has 0 amide bonds. The van der Waals surface area contributed by atoms with Crippen LogP contribution >= 0.6 is 15.9 Å². The first-order valence-corrected chi connectivity index (χ1v) is 6.62. The first-order chi connectivity index (χ1) is 10.2. The summed E-state index contributed by atoms with van der Waals surface area (Å²) >= 11 is 3.20. The van der Waals surface area contributed by atoms with Crippen LogP contribution in [-0.2, 0) is 0 Å². The molecule has 0 spiro atoms. The van der Waals surface area contributed by atoms with Crippen LogP contribution in [0, 0.1) is 5.82 Å². The number of fused-ring (bicyclic) bond motifs is 1. The summed E-state index contributed by atoms with van der Waals surface area (Å²) in [7, 11) is 0. The van der Waals surface area contributed by atoms with Crippen molar-refractivity contribution in [2.75, 3.05) is 0 Å². The van der Waals surface area contributed by atoms with Crippen LogP contribution in [0.15, 0.2) is 29.7 Å². The number of nitrogens with zero attached hydrogens (tertiary/aromatic N) is 6. The molecule has 0 unspecified atom stereocenters. The normalized spacial score (nSPS) is 11.3. The Hall–Kier alpha value is -2.62. The standard InChI is InChI=1S/C11H6BrFN8/c12-10-18-9(19-20-10)7-8(6-2-14-4-16-6)21-3-5(13)1-15-11(21)17-7/h1-4H,(H,14,16)(H,18,19,20). The zero-order chi connectivity index (χ0) is 14.4. The molecule has 104 valence electrons. The van der Waals surface area contributed by atoms with Gasteiger partial charge in [-0.1, -0.05) is 0 Å². The van der Waals surface area contributed by atoms with Gasteiger partial charge in [-0.15, -0.1) is 0 Å². The summed E-state index contributed by atoms with van der Waals surface area (Å²) in [6, 6.07) is 0. The van der Waals surface area contributed by atoms with E-state index < -0.39 is 5.82 Å². The summed E-state index contributed by atoms with van der Waals surface area (Å²) < 4.78 is 15.5. The Morgan fingerprint density at radius 3 is 2.86 bits per heavy atom. The Morgan fingerprint density at radius 1 is 1.24 bits per heavy atom. The van der Waals surface area contributed by atoms with Crippen LogP contribution in [-0.4, -0.2) is 39.5 Å². The van der Waals surface area contributed by atoms with Crippen LogP contribution in [0.5, 0.6) is 0 Å². The molecule has 8 nitrogen and oxygen atoms in total. The van der Waals surface area contributed by atoms with Crippen molar-refractivity contribution in [2.24, 2.45) is 0 Å². The van der Waals surface area contributed by atoms with Crippen LogP contribution in [0.1, 0.15) is 0 Å². The molecule has 4 aromatic rings. The van der Waals surface area contributed by atoms with Crippen LogP contribution < -0.4 is 0 Å². The van der Waals surface area contributed by atoms with E-state index in [4.69, 9.17) is 0 Å². The molecular formula is C11H6BrFN8. The molecule has 0 aliphatic heterocycles. The summed E-state index contributed by atoms with van der Waals surface area (Å²) in [6.07, 6.45) is 5.55. The number of hydrogen-bond acceptors (Lipinski definition) is 5. The molecule has 2 N–H and O–H groups in total. The van der Waals surface area contributed by atoms with E-state index in [1.165, 1.54) is 16.9 Å². The number of aromatic amines is 2. The molecule has 0 fully saturated rings. The van der Waals surface area contributed by atoms with E-state index in [1.807, 2.05) is 0 Å². The number of halogens is 2. The fraction of sp³-hybridized carbons (Fsp3) is 0. The maximum absolute atomic E-state index is 13.5. The molecule has 4 heterocycles. The second-order valence-electron chi connectivity index (χ2n) is 4.17. The minimum atomic E-state index is -0.469. The second-order valence-corrected chi connectivity index (χ2v) is 4.92. The van der Waals surface area contributed by atoms with E-state index in [0.29, 0.717) is 33.4 Å². The van der Waals surface area contributed by atoms with Crippen LogP contribution in [0.3, 0.4) is 0 Å². The van der Waals surface area contributed by atoms with Crippen molar-refractivity contribution in [1.29, 1.82) is 0 Å². The number of imidazole rings is 2. The largest absolute Gasteiger partial charge is 0.343 e. The zero-order valence-corrected chi connectivity index (χ0v) is 11.8. The maximum atomic E-state index is 13.5. The Morgan fingerprint density at radius 2 is 2.14 bits per heavy atom. The average molecular weight is 349 g/mol. The van der Waals surface area contributed by atoms with E-state index in [9.17, 15) is 4.39 Å². The van der Waals surface area contributed by atoms with Crippen molar-refractivity contribution in [3.63, 3.8) is 0 Å². The molecule has 0 aliphatic carbocycles. The fourth-order valence-electron chi connectivity index (χ4n) is 2.06. The summed E-state index contributed by atoms with van der Waals surface area (Å²) in [6.45, 7) is 0. The zero-order valence-electron chi connectivity index (χ0n) is 10.2. The van der Waals surface area contributed by atoms with Crippen molar-refractivity contribution >= 4 is 21.7 Å². The van der Waals surface area contributed by atoms with Gasteiger partial charge in [0.05, 0.1) is 30.6 Å². The predicted molar refractivity (Wildman–Crippen MR) is 73.6 cm³/mol. The molecule has 0 radical (unpaired) electrons. The van der Waals surface area contributed by atoms with Gasteiger partial charge in [-0.25, -0.2) is 19.3 Å². The SMILES string of the molecule is Fc1cnc2nc(-c3n[nH]c(Br)n3)c(-c3cnc[nH]3)n2c1. The Kier molecular flexibility index (Phi) is 2.57. The third kappa shape index (κ3) is 1.91. The highest BCUT2D eigenvalue weighted by Gasteiger charge is 2.21. The van der Waals surface area contributed by atoms with Crippen molar-refractivity contribution < 1.29 is 4.39 Å². The van der Waals surface area contributed by atoms with Gasteiger partial charge in [0.2, 0.25) is 11.6 Å². The third-order valence-corrected chi connectivity index (χ3v) is 3.23. The van der Waals surface area contributed by atoms with Gasteiger partial charge in [-0.3, -0.25) is 9.50 Å². The molecule has 4 rings (SSSR count). The topological polar surface area (TPSA) is 100 Å². The smallest absolute Gasteiger partial charge is 0.235 e. The quantitative estimate of drug-likeness (QED) is 0.575. The lowest BCUT2D eigenvalue weighted by molar-refractivity contribution is 0.612. The monoisotopic (exact) mass is 348 g/mol. The lowest BCUT2D eigenvalue weighted by Gasteiger charge is -2.00. The van der Waals surface area contributed by atoms with Gasteiger partial charge < -0.3 is 4.98 Å². The first-order valence-electron chi connectivity index (χ1n) is 5.83. The van der Waals surface area contributed by atoms with E-state index in [1.54, 1.807) is 6.20 Å². The predicted octanol–water partition coefficient (Wildman–Crippen LogP) is 1.81. The van der Waals surface area contributed by atoms with Crippen molar-refractivity contribution in [3.05, 3.63) is 35.5 Å². The summed E-state index contributed by atoms with van der Waals surface area (Å²) in [4.78, 5) is 19.5. The summed E-state index contributed by atoms with van der Waals surface area (Å²) in [5, 5.41) is 6.74. The number of nitrogens with one attached hydrogen (secondary N) is 2. The minimum absolute atomic E-state index is 0.344. The second kappa shape index (κ2) is 4.45. The Balaban J connectivity index is 2.08. The molecule has 10 heteroatoms. The van der Waals surface area contributed by atoms with Gasteiger partial charge in [0, 0.05) is 0 Å². The van der Waals surface area contributed by atoms with E-state index in [-0.39, 0.29) is 0 Å². The molecule has 0 saturated heterocycles. The number of H-pyrrole nitrogens is 2. The van der Waals surface area contributed by atoms with Crippen molar-refractivity contribution in [1.82, 2.24) is 39.5 Å². The number of rotatable bonds is 2. The number of hydrogen-bond donors (Lipinski definition) is 2. The molecule has 4 aromatic heterocycles. The van der Waals surface area contributed by atoms with Crippen molar-refractivity contribution in [3.8, 4) is 22.9 Å². The molecule has 0 aromatic carbocycles. The van der Waals surface area contributed by atoms with E-state index in [2.05, 4.69) is 51.0 Å². The number of aromatic nitrogens is 8. The molecule has 0 atom stereocenters. The van der Waals surface area contributed by atoms with E-state index >= 15 is 0 Å². The van der Waals surface area contributed by atoms with Crippen LogP contribution in [0.2, 0.25) is 0 Å². The third-order valence-electron chi connectivity index (χ3n) is 2.87. The van der Waals surface area contributed by atoms with Gasteiger partial charge in [0.1, 0.15) is 11.4 Å². The summed E-state index contributed by atoms with van der Waals surface area (Å²) in [5.41, 5.74) is 1.71. The van der Waals surface area contributed by atoms with Gasteiger partial charge in [-0.05, 0) is 15.9 Å². The maximum Gasteiger partial charge on any atom is 0.235 e. The van der Waals surface area contributed by atoms with Gasteiger partial charge in [0.25, 0.3) is 0 Å². The lowest BCUT2D eigenvalue weighted by Crippen LogP contribution is -1.93. The highest BCUT2D eigenvalue weighted by molar-refractivity contribution is 9.10. The van der Waals surface area contributed by atoms with Crippen molar-refractivity contribution in [2.45, 2.75) is 0 Å². The minimum Gasteiger partial charge on any atom is -0.343 e. The van der Waals surface area contributed by atoms with E-state index in [0.717, 1.165) is 6.20 Å². The Bertz CT molecular complexity index is 925. The molecule has 21 heavy (non-hydrogen) atoms. The molecular weight excluding hydrogens is 343 g/mol. The van der Waals surface area contributed by atoms with Crippen LogP contribution in [0.25, 0.3) is 28.7 Å². The Labute approximate surface area is 124 Å². The average Bonchev–Trinajstić information content (AvgIpc) is 3.15. The van der Waals surface area contributed by atoms with Gasteiger partial charge in [-0.2, -0.15) is 10.1 Å².